The highest BCUT2D eigenvalue weighted by molar-refractivity contribution is 4.77. The maximum atomic E-state index is 9.78. The van der Waals surface area contributed by atoms with Crippen LogP contribution in [0.5, 0.6) is 0 Å². The zero-order chi connectivity index (χ0) is 18.9. The summed E-state index contributed by atoms with van der Waals surface area (Å²) in [7, 11) is 0. The van der Waals surface area contributed by atoms with E-state index >= 15 is 0 Å². The van der Waals surface area contributed by atoms with Gasteiger partial charge in [0, 0.05) is 0 Å². The Morgan fingerprint density at radius 2 is 1.00 bits per heavy atom. The van der Waals surface area contributed by atoms with Crippen molar-refractivity contribution in [2.45, 2.75) is 122 Å². The fraction of sp³-hybridized carbons (Fsp3) is 1.00. The summed E-state index contributed by atoms with van der Waals surface area (Å²) in [6.07, 6.45) is 15.6. The van der Waals surface area contributed by atoms with Crippen LogP contribution in [0, 0.1) is 5.92 Å². The molecule has 0 radical (unpaired) electrons. The minimum absolute atomic E-state index is 0.295. The summed E-state index contributed by atoms with van der Waals surface area (Å²) in [5.41, 5.74) is 5.51. The minimum Gasteiger partial charge on any atom is -0.395 e. The van der Waals surface area contributed by atoms with Crippen molar-refractivity contribution in [3.8, 4) is 0 Å². The molecular formula is C21H45NO3. The quantitative estimate of drug-likeness (QED) is 0.277. The minimum atomic E-state index is -1.02. The van der Waals surface area contributed by atoms with Gasteiger partial charge >= 0.3 is 0 Å². The molecule has 0 aromatic carbocycles. The first-order valence-corrected chi connectivity index (χ1v) is 10.7. The second-order valence-corrected chi connectivity index (χ2v) is 8.12. The molecule has 0 rings (SSSR count). The Morgan fingerprint density at radius 3 is 1.36 bits per heavy atom. The van der Waals surface area contributed by atoms with Gasteiger partial charge in [-0.2, -0.15) is 0 Å². The van der Waals surface area contributed by atoms with Crippen LogP contribution >= 0.6 is 0 Å². The van der Waals surface area contributed by atoms with Gasteiger partial charge in [-0.3, -0.25) is 0 Å². The highest BCUT2D eigenvalue weighted by Crippen LogP contribution is 2.15. The van der Waals surface area contributed by atoms with E-state index in [1.165, 1.54) is 70.6 Å². The maximum absolute atomic E-state index is 9.78. The molecule has 4 nitrogen and oxygen atoms in total. The molecule has 5 N–H and O–H groups in total. The molecule has 25 heavy (non-hydrogen) atoms. The molecule has 0 bridgehead atoms. The van der Waals surface area contributed by atoms with Gasteiger partial charge in [-0.25, -0.2) is 0 Å². The predicted octanol–water partition coefficient (Wildman–Crippen LogP) is 4.15. The normalized spacial score (nSPS) is 15.5. The summed E-state index contributed by atoms with van der Waals surface area (Å²) >= 11 is 0. The smallest absolute Gasteiger partial charge is 0.0971 e. The largest absolute Gasteiger partial charge is 0.395 e. The number of aliphatic hydroxyl groups is 3. The third kappa shape index (κ3) is 15.8. The van der Waals surface area contributed by atoms with E-state index in [0.29, 0.717) is 6.42 Å². The van der Waals surface area contributed by atoms with E-state index in [1.807, 2.05) is 0 Å². The van der Waals surface area contributed by atoms with Crippen LogP contribution < -0.4 is 5.73 Å². The standard InChI is InChI=1S/C21H45NO3/c1-18(2)15-13-11-9-7-5-3-4-6-8-10-12-14-16-20(24)21(25)19(22)17-23/h18-21,23-25H,3-17,22H2,1-2H3/t19-,20?,21-/m0/s1. The lowest BCUT2D eigenvalue weighted by Gasteiger charge is -2.22. The van der Waals surface area contributed by atoms with E-state index in [0.717, 1.165) is 18.8 Å². The molecule has 152 valence electrons. The summed E-state index contributed by atoms with van der Waals surface area (Å²) in [6, 6.07) is -0.745. The summed E-state index contributed by atoms with van der Waals surface area (Å²) < 4.78 is 0. The van der Waals surface area contributed by atoms with Gasteiger partial charge in [0.2, 0.25) is 0 Å². The van der Waals surface area contributed by atoms with E-state index in [1.54, 1.807) is 0 Å². The molecule has 1 unspecified atom stereocenters. The average Bonchev–Trinajstić information content (AvgIpc) is 2.60. The molecule has 0 spiro atoms. The zero-order valence-corrected chi connectivity index (χ0v) is 16.8. The van der Waals surface area contributed by atoms with Gasteiger partial charge in [0.15, 0.2) is 0 Å². The van der Waals surface area contributed by atoms with Gasteiger partial charge in [-0.05, 0) is 12.3 Å². The maximum Gasteiger partial charge on any atom is 0.0971 e. The zero-order valence-electron chi connectivity index (χ0n) is 16.8. The van der Waals surface area contributed by atoms with E-state index in [-0.39, 0.29) is 6.61 Å². The summed E-state index contributed by atoms with van der Waals surface area (Å²) in [5, 5.41) is 28.3. The number of aliphatic hydroxyl groups excluding tert-OH is 3. The number of hydrogen-bond donors (Lipinski definition) is 4. The Hall–Kier alpha value is -0.160. The van der Waals surface area contributed by atoms with Crippen LogP contribution in [0.4, 0.5) is 0 Å². The van der Waals surface area contributed by atoms with Crippen LogP contribution in [-0.2, 0) is 0 Å². The molecule has 0 saturated carbocycles. The summed E-state index contributed by atoms with van der Waals surface area (Å²) in [5.74, 6) is 0.853. The van der Waals surface area contributed by atoms with Crippen LogP contribution in [0.1, 0.15) is 104 Å². The lowest BCUT2D eigenvalue weighted by molar-refractivity contribution is -0.0121. The number of unbranched alkanes of at least 4 members (excludes halogenated alkanes) is 11. The first-order chi connectivity index (χ1) is 12.0. The molecule has 0 fully saturated rings. The third-order valence-corrected chi connectivity index (χ3v) is 5.08. The van der Waals surface area contributed by atoms with Crippen molar-refractivity contribution in [2.75, 3.05) is 6.61 Å². The third-order valence-electron chi connectivity index (χ3n) is 5.08. The fourth-order valence-corrected chi connectivity index (χ4v) is 3.24. The number of nitrogens with two attached hydrogens (primary N) is 1. The lowest BCUT2D eigenvalue weighted by Crippen LogP contribution is -2.45. The van der Waals surface area contributed by atoms with Crippen molar-refractivity contribution >= 4 is 0 Å². The molecular weight excluding hydrogens is 314 g/mol. The Balaban J connectivity index is 3.24. The van der Waals surface area contributed by atoms with Crippen molar-refractivity contribution in [3.05, 3.63) is 0 Å². The van der Waals surface area contributed by atoms with Gasteiger partial charge in [0.25, 0.3) is 0 Å². The topological polar surface area (TPSA) is 86.7 Å². The number of rotatable bonds is 18. The molecule has 0 aromatic rings. The van der Waals surface area contributed by atoms with Gasteiger partial charge in [0.05, 0.1) is 24.9 Å². The molecule has 3 atom stereocenters. The second-order valence-electron chi connectivity index (χ2n) is 8.12. The van der Waals surface area contributed by atoms with Gasteiger partial charge < -0.3 is 21.1 Å². The van der Waals surface area contributed by atoms with Crippen LogP contribution in [0.15, 0.2) is 0 Å². The van der Waals surface area contributed by atoms with Crippen molar-refractivity contribution in [1.82, 2.24) is 0 Å². The highest BCUT2D eigenvalue weighted by Gasteiger charge is 2.22. The molecule has 0 aliphatic carbocycles. The van der Waals surface area contributed by atoms with Crippen LogP contribution in [0.3, 0.4) is 0 Å². The van der Waals surface area contributed by atoms with E-state index < -0.39 is 18.2 Å². The summed E-state index contributed by atoms with van der Waals surface area (Å²) in [4.78, 5) is 0. The van der Waals surface area contributed by atoms with Crippen molar-refractivity contribution < 1.29 is 15.3 Å². The van der Waals surface area contributed by atoms with Crippen LogP contribution in [-0.4, -0.2) is 40.2 Å². The van der Waals surface area contributed by atoms with Gasteiger partial charge in [-0.1, -0.05) is 97.3 Å². The van der Waals surface area contributed by atoms with E-state index in [2.05, 4.69) is 13.8 Å². The second kappa shape index (κ2) is 17.3. The van der Waals surface area contributed by atoms with Crippen LogP contribution in [0.2, 0.25) is 0 Å². The lowest BCUT2D eigenvalue weighted by atomic mass is 10.00. The molecule has 0 aromatic heterocycles. The number of hydrogen-bond acceptors (Lipinski definition) is 4. The summed E-state index contributed by atoms with van der Waals surface area (Å²) in [6.45, 7) is 4.31. The fourth-order valence-electron chi connectivity index (χ4n) is 3.24. The Kier molecular flexibility index (Phi) is 17.2. The average molecular weight is 360 g/mol. The molecule has 0 heterocycles. The molecule has 0 aliphatic heterocycles. The molecule has 0 amide bonds. The Bertz CT molecular complexity index is 274. The first kappa shape index (κ1) is 24.8. The Labute approximate surface area is 156 Å². The van der Waals surface area contributed by atoms with Gasteiger partial charge in [0.1, 0.15) is 0 Å². The van der Waals surface area contributed by atoms with E-state index in [4.69, 9.17) is 10.8 Å². The van der Waals surface area contributed by atoms with Crippen molar-refractivity contribution in [2.24, 2.45) is 11.7 Å². The van der Waals surface area contributed by atoms with Gasteiger partial charge in [-0.15, -0.1) is 0 Å². The van der Waals surface area contributed by atoms with Crippen molar-refractivity contribution in [1.29, 1.82) is 0 Å². The molecule has 4 heteroatoms. The SMILES string of the molecule is CC(C)CCCCCCCCCCCCCCC(O)[C@@H](O)[C@@H](N)CO. The Morgan fingerprint density at radius 1 is 0.640 bits per heavy atom. The first-order valence-electron chi connectivity index (χ1n) is 10.7. The molecule has 0 aliphatic rings. The monoisotopic (exact) mass is 359 g/mol. The predicted molar refractivity (Wildman–Crippen MR) is 107 cm³/mol. The van der Waals surface area contributed by atoms with Crippen LogP contribution in [0.25, 0.3) is 0 Å². The van der Waals surface area contributed by atoms with E-state index in [9.17, 15) is 10.2 Å². The van der Waals surface area contributed by atoms with Crippen molar-refractivity contribution in [3.63, 3.8) is 0 Å². The molecule has 0 saturated heterocycles. The highest BCUT2D eigenvalue weighted by atomic mass is 16.3.